The topological polar surface area (TPSA) is 366 Å². The van der Waals surface area contributed by atoms with Gasteiger partial charge in [-0.1, -0.05) is 27.7 Å². The van der Waals surface area contributed by atoms with Gasteiger partial charge in [-0.15, -0.1) is 0 Å². The smallest absolute Gasteiger partial charge is 0.187 e. The van der Waals surface area contributed by atoms with Crippen LogP contribution >= 0.6 is 0 Å². The zero-order valence-corrected chi connectivity index (χ0v) is 42.2. The van der Waals surface area contributed by atoms with Gasteiger partial charge >= 0.3 is 0 Å². The minimum Gasteiger partial charge on any atom is -0.394 e. The predicted molar refractivity (Wildman–Crippen MR) is 246 cm³/mol. The third kappa shape index (κ3) is 10.5. The fourth-order valence-electron chi connectivity index (χ4n) is 15.3. The highest BCUT2D eigenvalue weighted by Crippen LogP contribution is 2.71. The van der Waals surface area contributed by atoms with Crippen LogP contribution in [0.15, 0.2) is 0 Å². The van der Waals surface area contributed by atoms with Crippen LogP contribution in [0.2, 0.25) is 0 Å². The summed E-state index contributed by atoms with van der Waals surface area (Å²) in [7, 11) is 0. The maximum Gasteiger partial charge on any atom is 0.187 e. The van der Waals surface area contributed by atoms with E-state index < -0.39 is 142 Å². The Morgan fingerprint density at radius 1 is 0.603 bits per heavy atom. The van der Waals surface area contributed by atoms with Crippen LogP contribution in [0.3, 0.4) is 0 Å². The molecule has 9 aliphatic rings. The Morgan fingerprint density at radius 2 is 1.21 bits per heavy atom. The third-order valence-corrected chi connectivity index (χ3v) is 19.7. The van der Waals surface area contributed by atoms with Crippen molar-refractivity contribution in [2.45, 2.75) is 227 Å². The molecule has 0 radical (unpaired) electrons. The summed E-state index contributed by atoms with van der Waals surface area (Å²) in [6, 6.07) is 0. The van der Waals surface area contributed by atoms with E-state index in [-0.39, 0.29) is 54.0 Å². The van der Waals surface area contributed by atoms with Crippen LogP contribution in [-0.4, -0.2) is 239 Å². The fraction of sp³-hybridized carbons (Fsp3) is 1.00. The summed E-state index contributed by atoms with van der Waals surface area (Å²) < 4.78 is 53.5. The molecular weight excluding hydrogens is 969 g/mol. The van der Waals surface area contributed by atoms with Gasteiger partial charge in [0.05, 0.1) is 45.2 Å². The number of hydrogen-bond acceptors (Lipinski definition) is 23. The minimum atomic E-state index is -1.84. The van der Waals surface area contributed by atoms with Gasteiger partial charge in [-0.05, 0) is 104 Å². The Labute approximate surface area is 425 Å². The predicted octanol–water partition coefficient (Wildman–Crippen LogP) is -3.32. The Bertz CT molecular complexity index is 1820. The molecule has 0 amide bonds. The fourth-order valence-corrected chi connectivity index (χ4v) is 15.3. The van der Waals surface area contributed by atoms with Crippen LogP contribution in [0.4, 0.5) is 0 Å². The first kappa shape index (κ1) is 56.8. The molecule has 23 heteroatoms. The van der Waals surface area contributed by atoms with Crippen molar-refractivity contribution in [3.63, 3.8) is 0 Å². The molecule has 0 aromatic carbocycles. The van der Waals surface area contributed by atoms with Gasteiger partial charge in [0.25, 0.3) is 0 Å². The molecule has 4 aliphatic carbocycles. The minimum absolute atomic E-state index is 0.00801. The molecule has 0 aromatic rings. The second kappa shape index (κ2) is 22.3. The van der Waals surface area contributed by atoms with Crippen LogP contribution in [0.5, 0.6) is 0 Å². The Kier molecular flexibility index (Phi) is 17.4. The zero-order valence-electron chi connectivity index (χ0n) is 42.2. The summed E-state index contributed by atoms with van der Waals surface area (Å²) in [5.74, 6) is 0.309. The number of aliphatic hydroxyl groups excluding tert-OH is 13. The lowest BCUT2D eigenvalue weighted by Gasteiger charge is -2.61. The molecule has 73 heavy (non-hydrogen) atoms. The lowest BCUT2D eigenvalue weighted by Crippen LogP contribution is -2.65. The standard InChI is InChI=1S/C50H84O23/c1-20(17-65-45-40(61)36(57)34(55)29(15-51)69-45)7-12-50(64)21(2)32-28(73-50)14-26-24-6-5-22-13-23(8-10-48(22,3)25(24)9-11-49(26,32)4)68-46-42(63)38(59)43(72-47-41(62)37(58)35(56)30(16-52)70-47)31(71-46)19-67-44-39(60)33(54)27(53)18-66-44/h20-47,51-64H,5-19H2,1-4H3/t20-,21-,22-,23-,24+,25-,26-,27-,28-,29+,30+,31+,32-,33-,34+,35+,36-,37-,38+,39+,40+,41+,42+,43+,44-,45+,46+,47-,48-,49-,50+/m0/s1. The lowest BCUT2D eigenvalue weighted by atomic mass is 9.44. The monoisotopic (exact) mass is 1050 g/mol. The van der Waals surface area contributed by atoms with Gasteiger partial charge in [-0.3, -0.25) is 0 Å². The van der Waals surface area contributed by atoms with E-state index in [1.165, 1.54) is 0 Å². The SMILES string of the molecule is C[C@@H](CC[C@@]1(O)O[C@H]2C[C@H]3[C@@H]4CC[C@H]5C[C@@H](O[C@@H]6O[C@H](CO[C@@H]7OC[C@H](O)[C@H](O)[C@H]7O)[C@@H](O[C@@H]7O[C@H](CO)[C@@H](O)[C@H](O)[C@H]7O)[C@H](O)[C@H]6O)CC[C@]5(C)[C@H]4CC[C@]3(C)[C@H]2[C@@H]1C)CO[C@@H]1O[C@H](CO)[C@@H](O)[C@H](O)[C@H]1O. The van der Waals surface area contributed by atoms with Crippen LogP contribution in [0, 0.1) is 52.3 Å². The second-order valence-electron chi connectivity index (χ2n) is 23.9. The highest BCUT2D eigenvalue weighted by Gasteiger charge is 2.68. The van der Waals surface area contributed by atoms with E-state index in [9.17, 15) is 71.5 Å². The molecule has 5 saturated heterocycles. The largest absolute Gasteiger partial charge is 0.394 e. The number of aliphatic hydroxyl groups is 14. The number of ether oxygens (including phenoxy) is 9. The zero-order chi connectivity index (χ0) is 52.6. The molecule has 0 unspecified atom stereocenters. The number of rotatable bonds is 15. The first-order valence-electron chi connectivity index (χ1n) is 26.8. The van der Waals surface area contributed by atoms with Crippen molar-refractivity contribution in [2.24, 2.45) is 52.3 Å². The summed E-state index contributed by atoms with van der Waals surface area (Å²) in [6.45, 7) is 6.91. The summed E-state index contributed by atoms with van der Waals surface area (Å²) in [5.41, 5.74) is -0.0205. The molecule has 0 bridgehead atoms. The van der Waals surface area contributed by atoms with Crippen LogP contribution in [0.25, 0.3) is 0 Å². The summed E-state index contributed by atoms with van der Waals surface area (Å²) >= 11 is 0. The van der Waals surface area contributed by atoms with Crippen molar-refractivity contribution in [1.29, 1.82) is 0 Å². The second-order valence-corrected chi connectivity index (χ2v) is 23.9. The van der Waals surface area contributed by atoms with Crippen LogP contribution in [-0.2, 0) is 42.6 Å². The van der Waals surface area contributed by atoms with Gasteiger partial charge in [0.1, 0.15) is 91.6 Å². The molecule has 23 nitrogen and oxygen atoms in total. The van der Waals surface area contributed by atoms with Gasteiger partial charge < -0.3 is 114 Å². The highest BCUT2D eigenvalue weighted by atomic mass is 16.8. The van der Waals surface area contributed by atoms with Crippen molar-refractivity contribution in [2.75, 3.05) is 33.0 Å². The lowest BCUT2D eigenvalue weighted by molar-refractivity contribution is -0.369. The molecule has 5 heterocycles. The maximum absolute atomic E-state index is 12.1. The third-order valence-electron chi connectivity index (χ3n) is 19.7. The first-order chi connectivity index (χ1) is 34.5. The van der Waals surface area contributed by atoms with Crippen LogP contribution < -0.4 is 0 Å². The van der Waals surface area contributed by atoms with E-state index in [1.807, 2.05) is 6.92 Å². The molecule has 0 aromatic heterocycles. The van der Waals surface area contributed by atoms with Gasteiger partial charge in [0.2, 0.25) is 0 Å². The molecule has 5 aliphatic heterocycles. The van der Waals surface area contributed by atoms with E-state index in [0.717, 1.165) is 38.5 Å². The summed E-state index contributed by atoms with van der Waals surface area (Å²) in [6.07, 6.45) is -21.2. The van der Waals surface area contributed by atoms with Crippen molar-refractivity contribution in [1.82, 2.24) is 0 Å². The molecule has 422 valence electrons. The van der Waals surface area contributed by atoms with E-state index >= 15 is 0 Å². The maximum atomic E-state index is 12.1. The molecular formula is C50H84O23. The molecule has 4 saturated carbocycles. The molecule has 9 fully saturated rings. The highest BCUT2D eigenvalue weighted by molar-refractivity contribution is 5.15. The first-order valence-corrected chi connectivity index (χ1v) is 26.8. The van der Waals surface area contributed by atoms with E-state index in [4.69, 9.17) is 42.6 Å². The Balaban J connectivity index is 0.805. The average molecular weight is 1050 g/mol. The molecule has 14 N–H and O–H groups in total. The van der Waals surface area contributed by atoms with Crippen molar-refractivity contribution in [3.05, 3.63) is 0 Å². The van der Waals surface area contributed by atoms with Crippen molar-refractivity contribution in [3.8, 4) is 0 Å². The number of fused-ring (bicyclic) bond motifs is 7. The molecule has 31 atom stereocenters. The molecule has 0 spiro atoms. The van der Waals surface area contributed by atoms with E-state index in [2.05, 4.69) is 20.8 Å². The van der Waals surface area contributed by atoms with Gasteiger partial charge in [-0.2, -0.15) is 0 Å². The quantitative estimate of drug-likeness (QED) is 0.0714. The normalized spacial score (nSPS) is 55.6. The van der Waals surface area contributed by atoms with Crippen molar-refractivity contribution >= 4 is 0 Å². The van der Waals surface area contributed by atoms with Gasteiger partial charge in [0.15, 0.2) is 30.9 Å². The summed E-state index contributed by atoms with van der Waals surface area (Å²) in [4.78, 5) is 0. The van der Waals surface area contributed by atoms with Crippen molar-refractivity contribution < 1.29 is 114 Å². The Hall–Kier alpha value is -0.920. The van der Waals surface area contributed by atoms with E-state index in [0.29, 0.717) is 49.4 Å². The average Bonchev–Trinajstić information content (AvgIpc) is 3.81. The Morgan fingerprint density at radius 3 is 1.89 bits per heavy atom. The summed E-state index contributed by atoms with van der Waals surface area (Å²) in [5, 5.41) is 148. The van der Waals surface area contributed by atoms with Gasteiger partial charge in [0, 0.05) is 12.3 Å². The number of hydrogen-bond donors (Lipinski definition) is 14. The van der Waals surface area contributed by atoms with E-state index in [1.54, 1.807) is 0 Å². The van der Waals surface area contributed by atoms with Gasteiger partial charge in [-0.25, -0.2) is 0 Å². The van der Waals surface area contributed by atoms with Crippen LogP contribution in [0.1, 0.15) is 91.9 Å². The molecule has 9 rings (SSSR count).